The summed E-state index contributed by atoms with van der Waals surface area (Å²) < 4.78 is 45.9. The fraction of sp³-hybridized carbons (Fsp3) is 0.579. The number of nitrogens with one attached hydrogen (secondary N) is 2. The molecular formula is C19H26F3IN2O4. The van der Waals surface area contributed by atoms with E-state index in [1.165, 1.54) is 0 Å². The van der Waals surface area contributed by atoms with Gasteiger partial charge in [0.2, 0.25) is 5.91 Å². The Hall–Kier alpha value is -1.56. The number of halogens is 4. The van der Waals surface area contributed by atoms with Gasteiger partial charge >= 0.3 is 12.3 Å². The number of aliphatic hydroxyl groups is 1. The van der Waals surface area contributed by atoms with Crippen molar-refractivity contribution >= 4 is 34.6 Å². The van der Waals surface area contributed by atoms with Crippen LogP contribution >= 0.6 is 22.6 Å². The Bertz CT molecular complexity index is 696. The summed E-state index contributed by atoms with van der Waals surface area (Å²) in [5, 5.41) is 14.8. The number of aliphatic hydroxyl groups excluding tert-OH is 1. The first kappa shape index (κ1) is 25.5. The van der Waals surface area contributed by atoms with Gasteiger partial charge in [0.05, 0.1) is 24.7 Å². The van der Waals surface area contributed by atoms with Gasteiger partial charge < -0.3 is 20.5 Å². The summed E-state index contributed by atoms with van der Waals surface area (Å²) >= 11 is 2.13. The number of alkyl halides is 3. The highest BCUT2D eigenvalue weighted by Gasteiger charge is 2.55. The smallest absolute Gasteiger partial charge is 0.407 e. The topological polar surface area (TPSA) is 87.7 Å². The molecule has 0 aliphatic heterocycles. The minimum Gasteiger partial charge on any atom is -0.453 e. The number of hydrogen-bond donors (Lipinski definition) is 3. The molecule has 0 aliphatic carbocycles. The fourth-order valence-corrected chi connectivity index (χ4v) is 2.98. The SMILES string of the molecule is CC[C@H](O)[C@H](Cc1ccc(I)cc1)NC(=O)[C@@H](NC(=O)OC)C(C)(C)C(F)(F)F. The summed E-state index contributed by atoms with van der Waals surface area (Å²) in [7, 11) is 0.991. The monoisotopic (exact) mass is 530 g/mol. The Morgan fingerprint density at radius 2 is 1.72 bits per heavy atom. The number of rotatable bonds is 8. The maximum Gasteiger partial charge on any atom is 0.407 e. The zero-order valence-electron chi connectivity index (χ0n) is 16.6. The van der Waals surface area contributed by atoms with Crippen molar-refractivity contribution in [3.8, 4) is 0 Å². The highest BCUT2D eigenvalue weighted by atomic mass is 127. The Kier molecular flexibility index (Phi) is 9.19. The van der Waals surface area contributed by atoms with E-state index >= 15 is 0 Å². The van der Waals surface area contributed by atoms with Crippen LogP contribution in [0.4, 0.5) is 18.0 Å². The molecule has 29 heavy (non-hydrogen) atoms. The van der Waals surface area contributed by atoms with E-state index in [4.69, 9.17) is 0 Å². The summed E-state index contributed by atoms with van der Waals surface area (Å²) in [5.41, 5.74) is -1.77. The van der Waals surface area contributed by atoms with E-state index in [9.17, 15) is 27.9 Å². The van der Waals surface area contributed by atoms with E-state index in [0.717, 1.165) is 30.1 Å². The van der Waals surface area contributed by atoms with Crippen molar-refractivity contribution in [1.29, 1.82) is 0 Å². The molecule has 1 aromatic rings. The number of methoxy groups -OCH3 is 1. The highest BCUT2D eigenvalue weighted by molar-refractivity contribution is 14.1. The number of alkyl carbamates (subject to hydrolysis) is 1. The first-order valence-corrected chi connectivity index (χ1v) is 10.1. The van der Waals surface area contributed by atoms with Gasteiger partial charge in [-0.25, -0.2) is 4.79 Å². The molecule has 2 amide bonds. The molecule has 3 atom stereocenters. The normalized spacial score (nSPS) is 15.2. The molecule has 0 heterocycles. The van der Waals surface area contributed by atoms with Crippen molar-refractivity contribution in [2.45, 2.75) is 58.0 Å². The summed E-state index contributed by atoms with van der Waals surface area (Å²) in [5.74, 6) is -1.05. The quantitative estimate of drug-likeness (QED) is 0.450. The summed E-state index contributed by atoms with van der Waals surface area (Å²) in [6.45, 7) is 3.33. The van der Waals surface area contributed by atoms with E-state index in [1.807, 2.05) is 29.6 Å². The lowest BCUT2D eigenvalue weighted by atomic mass is 9.82. The van der Waals surface area contributed by atoms with Crippen LogP contribution in [-0.2, 0) is 16.0 Å². The molecule has 1 rings (SSSR count). The number of carbonyl (C=O) groups excluding carboxylic acids is 2. The molecular weight excluding hydrogens is 504 g/mol. The molecule has 0 bridgehead atoms. The number of ether oxygens (including phenoxy) is 1. The molecule has 0 aromatic heterocycles. The number of amides is 2. The molecule has 0 fully saturated rings. The molecule has 6 nitrogen and oxygen atoms in total. The first-order chi connectivity index (χ1) is 13.3. The Labute approximate surface area is 181 Å². The molecule has 164 valence electrons. The largest absolute Gasteiger partial charge is 0.453 e. The Morgan fingerprint density at radius 1 is 1.17 bits per heavy atom. The van der Waals surface area contributed by atoms with E-state index in [1.54, 1.807) is 6.92 Å². The summed E-state index contributed by atoms with van der Waals surface area (Å²) in [6, 6.07) is 4.54. The molecule has 0 unspecified atom stereocenters. The highest BCUT2D eigenvalue weighted by Crippen LogP contribution is 2.40. The second-order valence-corrected chi connectivity index (χ2v) is 8.46. The van der Waals surface area contributed by atoms with E-state index < -0.39 is 41.8 Å². The molecule has 0 radical (unpaired) electrons. The lowest BCUT2D eigenvalue weighted by Crippen LogP contribution is -2.61. The summed E-state index contributed by atoms with van der Waals surface area (Å²) in [6.07, 6.45) is -6.41. The van der Waals surface area contributed by atoms with E-state index in [0.29, 0.717) is 0 Å². The fourth-order valence-electron chi connectivity index (χ4n) is 2.62. The van der Waals surface area contributed by atoms with Crippen LogP contribution in [0.15, 0.2) is 24.3 Å². The zero-order valence-corrected chi connectivity index (χ0v) is 18.8. The van der Waals surface area contributed by atoms with Crippen LogP contribution in [0.2, 0.25) is 0 Å². The standard InChI is InChI=1S/C19H26F3IN2O4/c1-5-14(26)13(10-11-6-8-12(23)9-7-11)24-16(27)15(25-17(28)29-4)18(2,3)19(20,21)22/h6-9,13-15,26H,5,10H2,1-4H3,(H,24,27)(H,25,28)/t13-,14-,15+/m0/s1. The Balaban J connectivity index is 3.13. The van der Waals surface area contributed by atoms with Crippen LogP contribution in [0.1, 0.15) is 32.8 Å². The number of hydrogen-bond acceptors (Lipinski definition) is 4. The van der Waals surface area contributed by atoms with Crippen molar-refractivity contribution in [1.82, 2.24) is 10.6 Å². The van der Waals surface area contributed by atoms with Gasteiger partial charge in [-0.1, -0.05) is 19.1 Å². The van der Waals surface area contributed by atoms with Crippen LogP contribution in [-0.4, -0.2) is 48.6 Å². The van der Waals surface area contributed by atoms with Crippen molar-refractivity contribution in [2.24, 2.45) is 5.41 Å². The Morgan fingerprint density at radius 3 is 2.17 bits per heavy atom. The average Bonchev–Trinajstić information content (AvgIpc) is 2.65. The lowest BCUT2D eigenvalue weighted by molar-refractivity contribution is -0.220. The van der Waals surface area contributed by atoms with Gasteiger partial charge in [0.25, 0.3) is 0 Å². The number of benzene rings is 1. The zero-order chi connectivity index (χ0) is 22.4. The first-order valence-electron chi connectivity index (χ1n) is 8.97. The second-order valence-electron chi connectivity index (χ2n) is 7.21. The second kappa shape index (κ2) is 10.5. The van der Waals surface area contributed by atoms with Crippen molar-refractivity contribution in [2.75, 3.05) is 7.11 Å². The third-order valence-electron chi connectivity index (χ3n) is 4.74. The predicted octanol–water partition coefficient (Wildman–Crippen LogP) is 3.40. The van der Waals surface area contributed by atoms with Gasteiger partial charge in [0.15, 0.2) is 0 Å². The van der Waals surface area contributed by atoms with Gasteiger partial charge in [0.1, 0.15) is 6.04 Å². The molecule has 0 spiro atoms. The predicted molar refractivity (Wildman–Crippen MR) is 110 cm³/mol. The van der Waals surface area contributed by atoms with Crippen LogP contribution in [0.5, 0.6) is 0 Å². The maximum atomic E-state index is 13.5. The molecule has 3 N–H and O–H groups in total. The van der Waals surface area contributed by atoms with Gasteiger partial charge in [-0.15, -0.1) is 0 Å². The van der Waals surface area contributed by atoms with E-state index in [2.05, 4.69) is 32.6 Å². The van der Waals surface area contributed by atoms with E-state index in [-0.39, 0.29) is 12.8 Å². The third-order valence-corrected chi connectivity index (χ3v) is 5.46. The lowest BCUT2D eigenvalue weighted by Gasteiger charge is -2.36. The minimum atomic E-state index is -4.77. The van der Waals surface area contributed by atoms with Crippen LogP contribution in [0.3, 0.4) is 0 Å². The molecule has 0 aliphatic rings. The maximum absolute atomic E-state index is 13.5. The van der Waals surface area contributed by atoms with Crippen LogP contribution in [0.25, 0.3) is 0 Å². The van der Waals surface area contributed by atoms with Gasteiger partial charge in [-0.2, -0.15) is 13.2 Å². The molecule has 1 aromatic carbocycles. The third kappa shape index (κ3) is 7.02. The average molecular weight is 530 g/mol. The van der Waals surface area contributed by atoms with Crippen molar-refractivity contribution in [3.63, 3.8) is 0 Å². The van der Waals surface area contributed by atoms with Gasteiger partial charge in [-0.05, 0) is 67.0 Å². The molecule has 0 saturated carbocycles. The minimum absolute atomic E-state index is 0.217. The number of carbonyl (C=O) groups is 2. The molecule has 0 saturated heterocycles. The summed E-state index contributed by atoms with van der Waals surface area (Å²) in [4.78, 5) is 24.3. The van der Waals surface area contributed by atoms with Gasteiger partial charge in [-0.3, -0.25) is 4.79 Å². The van der Waals surface area contributed by atoms with Crippen LogP contribution < -0.4 is 10.6 Å². The van der Waals surface area contributed by atoms with Gasteiger partial charge in [0, 0.05) is 3.57 Å². The molecule has 10 heteroatoms. The van der Waals surface area contributed by atoms with Crippen LogP contribution in [0, 0.1) is 8.99 Å². The van der Waals surface area contributed by atoms with Crippen molar-refractivity contribution < 1.29 is 32.6 Å². The van der Waals surface area contributed by atoms with Crippen molar-refractivity contribution in [3.05, 3.63) is 33.4 Å².